The predicted molar refractivity (Wildman–Crippen MR) is 72.3 cm³/mol. The fraction of sp³-hybridized carbons (Fsp3) is 0.333. The van der Waals surface area contributed by atoms with Crippen molar-refractivity contribution in [1.29, 1.82) is 0 Å². The zero-order valence-corrected chi connectivity index (χ0v) is 11.7. The van der Waals surface area contributed by atoms with E-state index in [0.717, 1.165) is 16.4 Å². The van der Waals surface area contributed by atoms with Gasteiger partial charge in [-0.15, -0.1) is 11.3 Å². The largest absolute Gasteiger partial charge is 0.464 e. The van der Waals surface area contributed by atoms with Crippen LogP contribution in [-0.2, 0) is 11.3 Å². The summed E-state index contributed by atoms with van der Waals surface area (Å²) in [7, 11) is 1.35. The van der Waals surface area contributed by atoms with Crippen molar-refractivity contribution in [2.75, 3.05) is 12.4 Å². The number of methoxy groups -OCH3 is 1. The zero-order valence-electron chi connectivity index (χ0n) is 10.9. The molecule has 0 spiro atoms. The quantitative estimate of drug-likeness (QED) is 0.861. The first-order valence-electron chi connectivity index (χ1n) is 5.68. The number of thiazole rings is 1. The number of anilines is 1. The third-order valence-corrected chi connectivity index (χ3v) is 3.36. The first-order valence-corrected chi connectivity index (χ1v) is 6.50. The first-order chi connectivity index (χ1) is 9.10. The highest BCUT2D eigenvalue weighted by atomic mass is 32.1. The van der Waals surface area contributed by atoms with Gasteiger partial charge in [0.15, 0.2) is 10.8 Å². The Balaban J connectivity index is 2.06. The average Bonchev–Trinajstić information content (AvgIpc) is 2.77. The lowest BCUT2D eigenvalue weighted by molar-refractivity contribution is 0.0594. The molecule has 0 fully saturated rings. The Bertz CT molecular complexity index is 597. The third-order valence-electron chi connectivity index (χ3n) is 2.43. The summed E-state index contributed by atoms with van der Waals surface area (Å²) >= 11 is 1.42. The number of ether oxygens (including phenoxy) is 1. The highest BCUT2D eigenvalue weighted by molar-refractivity contribution is 7.15. The fourth-order valence-corrected chi connectivity index (χ4v) is 2.32. The van der Waals surface area contributed by atoms with E-state index in [1.54, 1.807) is 6.20 Å². The van der Waals surface area contributed by atoms with Crippen LogP contribution in [0.25, 0.3) is 0 Å². The number of carbonyl (C=O) groups excluding carboxylic acids is 1. The summed E-state index contributed by atoms with van der Waals surface area (Å²) in [5.74, 6) is 0.310. The van der Waals surface area contributed by atoms with Crippen molar-refractivity contribution in [2.45, 2.75) is 20.4 Å². The standard InChI is InChI=1S/C12H14N4O2S/c1-7-10(11(17)18-3)16-12(19-7)14-6-9-4-5-13-8(2)15-9/h4-5H,6H2,1-3H3,(H,14,16). The Morgan fingerprint density at radius 3 is 2.89 bits per heavy atom. The highest BCUT2D eigenvalue weighted by Gasteiger charge is 2.15. The lowest BCUT2D eigenvalue weighted by atomic mass is 10.4. The molecular weight excluding hydrogens is 264 g/mol. The molecule has 0 aromatic carbocycles. The third kappa shape index (κ3) is 3.25. The number of esters is 1. The minimum absolute atomic E-state index is 0.355. The van der Waals surface area contributed by atoms with Gasteiger partial charge in [-0.25, -0.2) is 19.7 Å². The minimum Gasteiger partial charge on any atom is -0.464 e. The molecule has 0 bridgehead atoms. The smallest absolute Gasteiger partial charge is 0.357 e. The summed E-state index contributed by atoms with van der Waals surface area (Å²) in [5, 5.41) is 3.81. The summed E-state index contributed by atoms with van der Waals surface area (Å²) in [5.41, 5.74) is 1.23. The lowest BCUT2D eigenvalue weighted by Gasteiger charge is -2.02. The lowest BCUT2D eigenvalue weighted by Crippen LogP contribution is -2.05. The van der Waals surface area contributed by atoms with Gasteiger partial charge in [-0.2, -0.15) is 0 Å². The Morgan fingerprint density at radius 2 is 2.21 bits per heavy atom. The monoisotopic (exact) mass is 278 g/mol. The second-order valence-electron chi connectivity index (χ2n) is 3.86. The molecule has 0 radical (unpaired) electrons. The van der Waals surface area contributed by atoms with Crippen molar-refractivity contribution in [3.8, 4) is 0 Å². The number of aryl methyl sites for hydroxylation is 2. The predicted octanol–water partition coefficient (Wildman–Crippen LogP) is 1.95. The highest BCUT2D eigenvalue weighted by Crippen LogP contribution is 2.22. The van der Waals surface area contributed by atoms with Crippen LogP contribution in [0.3, 0.4) is 0 Å². The van der Waals surface area contributed by atoms with Crippen molar-refractivity contribution in [3.05, 3.63) is 34.4 Å². The van der Waals surface area contributed by atoms with Crippen LogP contribution >= 0.6 is 11.3 Å². The van der Waals surface area contributed by atoms with E-state index in [9.17, 15) is 4.79 Å². The molecule has 0 atom stereocenters. The molecule has 6 nitrogen and oxygen atoms in total. The molecule has 100 valence electrons. The van der Waals surface area contributed by atoms with Crippen LogP contribution in [0.2, 0.25) is 0 Å². The molecule has 2 aromatic rings. The Hall–Kier alpha value is -2.02. The van der Waals surface area contributed by atoms with Gasteiger partial charge in [0.2, 0.25) is 0 Å². The molecular formula is C12H14N4O2S. The molecule has 2 rings (SSSR count). The van der Waals surface area contributed by atoms with Crippen LogP contribution in [0.4, 0.5) is 5.13 Å². The van der Waals surface area contributed by atoms with E-state index in [0.29, 0.717) is 17.4 Å². The van der Waals surface area contributed by atoms with E-state index in [1.165, 1.54) is 18.4 Å². The molecule has 1 N–H and O–H groups in total. The van der Waals surface area contributed by atoms with E-state index in [1.807, 2.05) is 19.9 Å². The summed E-state index contributed by atoms with van der Waals surface area (Å²) in [6.07, 6.45) is 1.71. The van der Waals surface area contributed by atoms with Gasteiger partial charge in [0.05, 0.1) is 19.3 Å². The number of hydrogen-bond acceptors (Lipinski definition) is 7. The van der Waals surface area contributed by atoms with Crippen molar-refractivity contribution >= 4 is 22.4 Å². The molecule has 0 aliphatic rings. The van der Waals surface area contributed by atoms with Crippen LogP contribution in [0, 0.1) is 13.8 Å². The topological polar surface area (TPSA) is 77.0 Å². The summed E-state index contributed by atoms with van der Waals surface area (Å²) in [4.78, 5) is 24.8. The van der Waals surface area contributed by atoms with Gasteiger partial charge in [-0.3, -0.25) is 0 Å². The molecule has 19 heavy (non-hydrogen) atoms. The average molecular weight is 278 g/mol. The first kappa shape index (κ1) is 13.4. The number of aromatic nitrogens is 3. The number of nitrogens with one attached hydrogen (secondary N) is 1. The number of hydrogen-bond donors (Lipinski definition) is 1. The number of carbonyl (C=O) groups is 1. The Labute approximate surface area is 114 Å². The Morgan fingerprint density at radius 1 is 1.42 bits per heavy atom. The van der Waals surface area contributed by atoms with Crippen molar-refractivity contribution in [3.63, 3.8) is 0 Å². The normalized spacial score (nSPS) is 10.3. The molecule has 0 aliphatic heterocycles. The van der Waals surface area contributed by atoms with Gasteiger partial charge in [-0.05, 0) is 19.9 Å². The maximum atomic E-state index is 11.4. The van der Waals surface area contributed by atoms with Crippen LogP contribution in [0.15, 0.2) is 12.3 Å². The molecule has 0 unspecified atom stereocenters. The van der Waals surface area contributed by atoms with Crippen molar-refractivity contribution < 1.29 is 9.53 Å². The van der Waals surface area contributed by atoms with Crippen LogP contribution in [0.1, 0.15) is 26.9 Å². The molecule has 0 amide bonds. The van der Waals surface area contributed by atoms with E-state index in [4.69, 9.17) is 0 Å². The van der Waals surface area contributed by atoms with Gasteiger partial charge in [-0.1, -0.05) is 0 Å². The minimum atomic E-state index is -0.417. The fourth-order valence-electron chi connectivity index (χ4n) is 1.53. The number of rotatable bonds is 4. The van der Waals surface area contributed by atoms with E-state index < -0.39 is 5.97 Å². The summed E-state index contributed by atoms with van der Waals surface area (Å²) in [6, 6.07) is 1.84. The van der Waals surface area contributed by atoms with Crippen molar-refractivity contribution in [1.82, 2.24) is 15.0 Å². The maximum absolute atomic E-state index is 11.4. The maximum Gasteiger partial charge on any atom is 0.357 e. The van der Waals surface area contributed by atoms with E-state index >= 15 is 0 Å². The van der Waals surface area contributed by atoms with Gasteiger partial charge >= 0.3 is 5.97 Å². The molecule has 2 aromatic heterocycles. The van der Waals surface area contributed by atoms with E-state index in [-0.39, 0.29) is 0 Å². The van der Waals surface area contributed by atoms with Crippen molar-refractivity contribution in [2.24, 2.45) is 0 Å². The molecule has 0 aliphatic carbocycles. The van der Waals surface area contributed by atoms with Gasteiger partial charge < -0.3 is 10.1 Å². The van der Waals surface area contributed by atoms with Gasteiger partial charge in [0.1, 0.15) is 5.82 Å². The second kappa shape index (κ2) is 5.75. The molecule has 0 saturated carbocycles. The van der Waals surface area contributed by atoms with E-state index in [2.05, 4.69) is 25.0 Å². The summed E-state index contributed by atoms with van der Waals surface area (Å²) < 4.78 is 4.67. The molecule has 2 heterocycles. The summed E-state index contributed by atoms with van der Waals surface area (Å²) in [6.45, 7) is 4.22. The number of nitrogens with zero attached hydrogens (tertiary/aromatic N) is 3. The van der Waals surface area contributed by atoms with Gasteiger partial charge in [0, 0.05) is 11.1 Å². The Kier molecular flexibility index (Phi) is 4.06. The SMILES string of the molecule is COC(=O)c1nc(NCc2ccnc(C)n2)sc1C. The van der Waals surface area contributed by atoms with Crippen LogP contribution in [0.5, 0.6) is 0 Å². The zero-order chi connectivity index (χ0) is 13.8. The molecule has 7 heteroatoms. The van der Waals surface area contributed by atoms with Gasteiger partial charge in [0.25, 0.3) is 0 Å². The second-order valence-corrected chi connectivity index (χ2v) is 5.07. The van der Waals surface area contributed by atoms with Crippen LogP contribution in [-0.4, -0.2) is 28.0 Å². The molecule has 0 saturated heterocycles. The van der Waals surface area contributed by atoms with Crippen LogP contribution < -0.4 is 5.32 Å².